The third-order valence-corrected chi connectivity index (χ3v) is 6.05. The van der Waals surface area contributed by atoms with Gasteiger partial charge in [-0.25, -0.2) is 9.59 Å². The van der Waals surface area contributed by atoms with Gasteiger partial charge in [-0.2, -0.15) is 25.3 Å². The maximum Gasteiger partial charge on any atom is 0.413 e. The summed E-state index contributed by atoms with van der Waals surface area (Å²) in [5.41, 5.74) is 0.908. The number of Topliss-reactive ketones (excluding diaryl/α,β-unsaturated/α-hetero) is 1. The van der Waals surface area contributed by atoms with Crippen LogP contribution in [0.1, 0.15) is 91.7 Å². The van der Waals surface area contributed by atoms with Gasteiger partial charge in [0.2, 0.25) is 0 Å². The van der Waals surface area contributed by atoms with E-state index in [2.05, 4.69) is 40.9 Å². The van der Waals surface area contributed by atoms with E-state index in [9.17, 15) is 14.4 Å². The summed E-state index contributed by atoms with van der Waals surface area (Å²) in [6.45, 7) is 13.2. The Labute approximate surface area is 250 Å². The molecule has 0 fully saturated rings. The number of hydrogen-bond acceptors (Lipinski definition) is 9. The molecule has 0 aliphatic heterocycles. The third-order valence-electron chi connectivity index (χ3n) is 5.37. The number of amidine groups is 1. The Balaban J connectivity index is 2.61. The van der Waals surface area contributed by atoms with Gasteiger partial charge in [0.05, 0.1) is 12.6 Å². The zero-order chi connectivity index (χ0) is 30.3. The zero-order valence-electron chi connectivity index (χ0n) is 25.0. The third kappa shape index (κ3) is 16.0. The highest BCUT2D eigenvalue weighted by atomic mass is 32.1. The molecule has 1 atom stereocenters. The first kappa shape index (κ1) is 35.6. The number of carbonyl (C=O) groups excluding carboxylic acids is 3. The molecule has 11 heteroatoms. The fourth-order valence-corrected chi connectivity index (χ4v) is 4.17. The number of ketones is 1. The number of nitrogens with one attached hydrogen (secondary N) is 2. The van der Waals surface area contributed by atoms with Gasteiger partial charge in [0.1, 0.15) is 22.8 Å². The standard InChI is InChI=1S/C29H47N3O6S2/c1-20(31-26(34)37-28(2,3)4)30-15-9-8-11-24(32-27(35)38-29(5,6)7)25(33)12-10-16-36-23-14-13-21(18-39)22(17-23)19-40/h13-14,17,24,39-40H,8-12,15-16,18-19H2,1-7H3,(H,32,35)(H,30,31,34). The van der Waals surface area contributed by atoms with Crippen LogP contribution in [-0.2, 0) is 25.8 Å². The first-order valence-electron chi connectivity index (χ1n) is 13.6. The van der Waals surface area contributed by atoms with E-state index in [1.165, 1.54) is 0 Å². The lowest BCUT2D eigenvalue weighted by Gasteiger charge is -2.23. The fourth-order valence-electron chi connectivity index (χ4n) is 3.57. The normalized spacial score (nSPS) is 12.9. The van der Waals surface area contributed by atoms with Crippen molar-refractivity contribution in [2.24, 2.45) is 4.99 Å². The quantitative estimate of drug-likeness (QED) is 0.0868. The predicted molar refractivity (Wildman–Crippen MR) is 166 cm³/mol. The van der Waals surface area contributed by atoms with Crippen LogP contribution in [0.5, 0.6) is 5.75 Å². The van der Waals surface area contributed by atoms with Gasteiger partial charge in [-0.05, 0) is 97.4 Å². The Hall–Kier alpha value is -2.40. The second-order valence-corrected chi connectivity index (χ2v) is 12.1. The maximum absolute atomic E-state index is 13.0. The van der Waals surface area contributed by atoms with Crippen LogP contribution in [0.4, 0.5) is 9.59 Å². The number of nitrogens with zero attached hydrogens (tertiary/aromatic N) is 1. The van der Waals surface area contributed by atoms with Crippen molar-refractivity contribution in [2.45, 2.75) is 109 Å². The van der Waals surface area contributed by atoms with E-state index in [1.807, 2.05) is 18.2 Å². The Morgan fingerprint density at radius 1 is 0.900 bits per heavy atom. The van der Waals surface area contributed by atoms with E-state index in [1.54, 1.807) is 48.5 Å². The lowest BCUT2D eigenvalue weighted by atomic mass is 10.0. The number of rotatable bonds is 14. The average Bonchev–Trinajstić information content (AvgIpc) is 2.82. The number of amides is 2. The van der Waals surface area contributed by atoms with Crippen LogP contribution in [0, 0.1) is 0 Å². The number of benzene rings is 1. The lowest BCUT2D eigenvalue weighted by molar-refractivity contribution is -0.121. The Bertz CT molecular complexity index is 1000. The van der Waals surface area contributed by atoms with E-state index >= 15 is 0 Å². The fraction of sp³-hybridized carbons (Fsp3) is 0.655. The maximum atomic E-state index is 13.0. The van der Waals surface area contributed by atoms with E-state index in [-0.39, 0.29) is 12.2 Å². The Morgan fingerprint density at radius 3 is 2.12 bits per heavy atom. The molecule has 0 radical (unpaired) electrons. The molecule has 0 bridgehead atoms. The second-order valence-electron chi connectivity index (χ2n) is 11.5. The predicted octanol–water partition coefficient (Wildman–Crippen LogP) is 6.28. The minimum atomic E-state index is -0.676. The molecule has 1 aromatic carbocycles. The monoisotopic (exact) mass is 597 g/mol. The highest BCUT2D eigenvalue weighted by Gasteiger charge is 2.24. The topological polar surface area (TPSA) is 115 Å². The molecular weight excluding hydrogens is 550 g/mol. The van der Waals surface area contributed by atoms with Crippen molar-refractivity contribution in [3.8, 4) is 5.75 Å². The van der Waals surface area contributed by atoms with E-state index in [0.29, 0.717) is 56.2 Å². The van der Waals surface area contributed by atoms with Crippen molar-refractivity contribution < 1.29 is 28.6 Å². The summed E-state index contributed by atoms with van der Waals surface area (Å²) < 4.78 is 16.4. The number of unbranched alkanes of at least 4 members (excludes halogenated alkanes) is 1. The molecule has 0 saturated carbocycles. The highest BCUT2D eigenvalue weighted by molar-refractivity contribution is 7.79. The van der Waals surface area contributed by atoms with Gasteiger partial charge in [-0.15, -0.1) is 0 Å². The second kappa shape index (κ2) is 17.4. The molecule has 0 heterocycles. The van der Waals surface area contributed by atoms with Gasteiger partial charge in [-0.1, -0.05) is 6.07 Å². The highest BCUT2D eigenvalue weighted by Crippen LogP contribution is 2.21. The molecule has 1 rings (SSSR count). The Morgan fingerprint density at radius 2 is 1.52 bits per heavy atom. The van der Waals surface area contributed by atoms with Crippen molar-refractivity contribution in [1.29, 1.82) is 0 Å². The molecule has 0 spiro atoms. The molecule has 2 amide bonds. The largest absolute Gasteiger partial charge is 0.494 e. The molecule has 226 valence electrons. The van der Waals surface area contributed by atoms with Crippen LogP contribution in [-0.4, -0.2) is 54.2 Å². The van der Waals surface area contributed by atoms with Crippen LogP contribution >= 0.6 is 25.3 Å². The number of hydrogen-bond donors (Lipinski definition) is 4. The van der Waals surface area contributed by atoms with Crippen LogP contribution < -0.4 is 15.4 Å². The van der Waals surface area contributed by atoms with Crippen molar-refractivity contribution >= 4 is 49.1 Å². The Kier molecular flexibility index (Phi) is 15.5. The van der Waals surface area contributed by atoms with Crippen LogP contribution in [0.3, 0.4) is 0 Å². The van der Waals surface area contributed by atoms with Crippen molar-refractivity contribution in [3.05, 3.63) is 29.3 Å². The molecule has 0 aliphatic rings. The number of thiol groups is 2. The molecule has 9 nitrogen and oxygen atoms in total. The first-order valence-corrected chi connectivity index (χ1v) is 14.9. The van der Waals surface area contributed by atoms with Crippen LogP contribution in [0.15, 0.2) is 23.2 Å². The molecule has 40 heavy (non-hydrogen) atoms. The summed E-state index contributed by atoms with van der Waals surface area (Å²) in [5.74, 6) is 2.32. The molecule has 2 N–H and O–H groups in total. The van der Waals surface area contributed by atoms with Crippen molar-refractivity contribution in [3.63, 3.8) is 0 Å². The molecule has 0 aromatic heterocycles. The lowest BCUT2D eigenvalue weighted by Crippen LogP contribution is -2.43. The smallest absolute Gasteiger partial charge is 0.413 e. The van der Waals surface area contributed by atoms with Gasteiger partial charge in [-0.3, -0.25) is 15.1 Å². The van der Waals surface area contributed by atoms with Crippen LogP contribution in [0.25, 0.3) is 0 Å². The summed E-state index contributed by atoms with van der Waals surface area (Å²) in [6.07, 6.45) is 1.36. The molecule has 1 aromatic rings. The van der Waals surface area contributed by atoms with Gasteiger partial charge in [0.15, 0.2) is 5.78 Å². The molecular formula is C29H47N3O6S2. The van der Waals surface area contributed by atoms with E-state index in [4.69, 9.17) is 14.2 Å². The average molecular weight is 598 g/mol. The van der Waals surface area contributed by atoms with E-state index in [0.717, 1.165) is 16.9 Å². The minimum absolute atomic E-state index is 0.0813. The minimum Gasteiger partial charge on any atom is -0.494 e. The molecule has 0 aliphatic carbocycles. The van der Waals surface area contributed by atoms with Gasteiger partial charge in [0, 0.05) is 24.5 Å². The molecule has 1 unspecified atom stereocenters. The van der Waals surface area contributed by atoms with Gasteiger partial charge < -0.3 is 19.5 Å². The van der Waals surface area contributed by atoms with Crippen molar-refractivity contribution in [2.75, 3.05) is 13.2 Å². The SMILES string of the molecule is CC(=NCCCCC(NC(=O)OC(C)(C)C)C(=O)CCCOc1ccc(CS)c(CS)c1)NC(=O)OC(C)(C)C. The summed E-state index contributed by atoms with van der Waals surface area (Å²) in [6, 6.07) is 5.13. The first-order chi connectivity index (χ1) is 18.6. The van der Waals surface area contributed by atoms with Crippen LogP contribution in [0.2, 0.25) is 0 Å². The van der Waals surface area contributed by atoms with E-state index < -0.39 is 29.4 Å². The summed E-state index contributed by atoms with van der Waals surface area (Å²) in [5, 5.41) is 5.33. The number of carbonyl (C=O) groups is 3. The summed E-state index contributed by atoms with van der Waals surface area (Å²) in [7, 11) is 0. The van der Waals surface area contributed by atoms with Gasteiger partial charge in [0.25, 0.3) is 0 Å². The number of ether oxygens (including phenoxy) is 3. The van der Waals surface area contributed by atoms with Crippen molar-refractivity contribution in [1.82, 2.24) is 10.6 Å². The zero-order valence-corrected chi connectivity index (χ0v) is 26.8. The number of alkyl carbamates (subject to hydrolysis) is 2. The molecule has 0 saturated heterocycles. The van der Waals surface area contributed by atoms with Gasteiger partial charge >= 0.3 is 12.2 Å². The number of aliphatic imine (C=N–C) groups is 1. The summed E-state index contributed by atoms with van der Waals surface area (Å²) in [4.78, 5) is 41.6. The summed E-state index contributed by atoms with van der Waals surface area (Å²) >= 11 is 8.70.